The van der Waals surface area contributed by atoms with Gasteiger partial charge in [-0.05, 0) is 37.8 Å². The number of benzene rings is 1. The minimum Gasteiger partial charge on any atom is -0.380 e. The number of carbonyl (C=O) groups excluding carboxylic acids is 1. The van der Waals surface area contributed by atoms with Crippen LogP contribution in [0.2, 0.25) is 0 Å². The third-order valence-electron chi connectivity index (χ3n) is 5.12. The van der Waals surface area contributed by atoms with Crippen molar-refractivity contribution in [1.82, 2.24) is 5.32 Å². The lowest BCUT2D eigenvalue weighted by atomic mass is 9.67. The maximum Gasteiger partial charge on any atom is 0.163 e. The van der Waals surface area contributed by atoms with Crippen molar-refractivity contribution in [2.75, 3.05) is 24.5 Å². The van der Waals surface area contributed by atoms with E-state index in [2.05, 4.69) is 22.3 Å². The Bertz CT molecular complexity index is 501. The summed E-state index contributed by atoms with van der Waals surface area (Å²) in [7, 11) is 0. The molecule has 1 aromatic carbocycles. The molecule has 0 radical (unpaired) electrons. The van der Waals surface area contributed by atoms with E-state index in [1.807, 2.05) is 18.2 Å². The summed E-state index contributed by atoms with van der Waals surface area (Å²) < 4.78 is 0. The Kier molecular flexibility index (Phi) is 4.00. The number of Topliss-reactive ketones (excluding diaryl/α,β-unsaturated/α-hetero) is 1. The lowest BCUT2D eigenvalue weighted by Crippen LogP contribution is -2.67. The van der Waals surface area contributed by atoms with Gasteiger partial charge in [-0.2, -0.15) is 0 Å². The number of piperazine rings is 1. The molecule has 1 saturated heterocycles. The first-order valence-corrected chi connectivity index (χ1v) is 7.89. The molecule has 2 aliphatic rings. The predicted octanol–water partition coefficient (Wildman–Crippen LogP) is 1.58. The third-order valence-corrected chi connectivity index (χ3v) is 5.12. The molecule has 4 nitrogen and oxygen atoms in total. The largest absolute Gasteiger partial charge is 0.380 e. The number of nitrogens with zero attached hydrogens (tertiary/aromatic N) is 1. The standard InChI is InChI=1S/C17H24N2O2/c1-13(20)17(21,14-6-5-7-14)16-12-19(11-10-18-16)15-8-3-2-4-9-15/h2-4,8-9,14,16,18,21H,5-7,10-12H2,1H3. The van der Waals surface area contributed by atoms with Gasteiger partial charge in [0, 0.05) is 25.3 Å². The van der Waals surface area contributed by atoms with E-state index >= 15 is 0 Å². The molecule has 0 aromatic heterocycles. The van der Waals surface area contributed by atoms with Crippen molar-refractivity contribution in [2.45, 2.75) is 37.8 Å². The molecule has 0 bridgehead atoms. The predicted molar refractivity (Wildman–Crippen MR) is 83.4 cm³/mol. The van der Waals surface area contributed by atoms with Gasteiger partial charge in [0.25, 0.3) is 0 Å². The average Bonchev–Trinajstić information content (AvgIpc) is 2.46. The molecule has 2 unspecified atom stereocenters. The van der Waals surface area contributed by atoms with Gasteiger partial charge in [-0.3, -0.25) is 4.79 Å². The van der Waals surface area contributed by atoms with E-state index in [4.69, 9.17) is 0 Å². The van der Waals surface area contributed by atoms with Crippen LogP contribution in [0, 0.1) is 5.92 Å². The Morgan fingerprint density at radius 2 is 2.05 bits per heavy atom. The first-order chi connectivity index (χ1) is 10.1. The number of nitrogens with one attached hydrogen (secondary N) is 1. The van der Waals surface area contributed by atoms with Crippen LogP contribution >= 0.6 is 0 Å². The van der Waals surface area contributed by atoms with Crippen molar-refractivity contribution < 1.29 is 9.90 Å². The highest BCUT2D eigenvalue weighted by Crippen LogP contribution is 2.39. The second-order valence-electron chi connectivity index (χ2n) is 6.30. The maximum atomic E-state index is 12.1. The van der Waals surface area contributed by atoms with Crippen LogP contribution in [-0.4, -0.2) is 42.2 Å². The molecule has 114 valence electrons. The molecule has 4 heteroatoms. The molecule has 1 aliphatic carbocycles. The van der Waals surface area contributed by atoms with Crippen molar-refractivity contribution in [2.24, 2.45) is 5.92 Å². The molecule has 0 spiro atoms. The summed E-state index contributed by atoms with van der Waals surface area (Å²) in [4.78, 5) is 14.4. The average molecular weight is 288 g/mol. The number of hydrogen-bond donors (Lipinski definition) is 2. The molecule has 1 aliphatic heterocycles. The minimum atomic E-state index is -1.22. The number of rotatable bonds is 4. The van der Waals surface area contributed by atoms with E-state index in [0.29, 0.717) is 6.54 Å². The minimum absolute atomic E-state index is 0.0976. The molecule has 2 fully saturated rings. The normalized spacial score (nSPS) is 26.0. The topological polar surface area (TPSA) is 52.6 Å². The summed E-state index contributed by atoms with van der Waals surface area (Å²) in [6, 6.07) is 10.0. The van der Waals surface area contributed by atoms with E-state index in [-0.39, 0.29) is 17.7 Å². The Hall–Kier alpha value is -1.39. The molecule has 3 rings (SSSR count). The monoisotopic (exact) mass is 288 g/mol. The van der Waals surface area contributed by atoms with Crippen molar-refractivity contribution in [3.63, 3.8) is 0 Å². The maximum absolute atomic E-state index is 12.1. The van der Waals surface area contributed by atoms with Gasteiger partial charge in [-0.1, -0.05) is 24.6 Å². The van der Waals surface area contributed by atoms with Crippen LogP contribution in [0.15, 0.2) is 30.3 Å². The van der Waals surface area contributed by atoms with Crippen LogP contribution in [0.25, 0.3) is 0 Å². The summed E-state index contributed by atoms with van der Waals surface area (Å²) in [6.07, 6.45) is 3.04. The fourth-order valence-corrected chi connectivity index (χ4v) is 3.58. The second-order valence-corrected chi connectivity index (χ2v) is 6.30. The third kappa shape index (κ3) is 2.58. The van der Waals surface area contributed by atoms with Crippen LogP contribution in [-0.2, 0) is 4.79 Å². The number of para-hydroxylation sites is 1. The van der Waals surface area contributed by atoms with Crippen molar-refractivity contribution in [3.05, 3.63) is 30.3 Å². The fourth-order valence-electron chi connectivity index (χ4n) is 3.58. The Morgan fingerprint density at radius 1 is 1.33 bits per heavy atom. The molecule has 1 saturated carbocycles. The number of carbonyl (C=O) groups is 1. The summed E-state index contributed by atoms with van der Waals surface area (Å²) >= 11 is 0. The second kappa shape index (κ2) is 5.78. The lowest BCUT2D eigenvalue weighted by molar-refractivity contribution is -0.150. The quantitative estimate of drug-likeness (QED) is 0.883. The molecule has 0 amide bonds. The van der Waals surface area contributed by atoms with Crippen LogP contribution < -0.4 is 10.2 Å². The first-order valence-electron chi connectivity index (χ1n) is 7.89. The molecule has 21 heavy (non-hydrogen) atoms. The van der Waals surface area contributed by atoms with E-state index in [1.165, 1.54) is 6.92 Å². The number of aliphatic hydroxyl groups is 1. The first kappa shape index (κ1) is 14.5. The smallest absolute Gasteiger partial charge is 0.163 e. The fraction of sp³-hybridized carbons (Fsp3) is 0.588. The lowest BCUT2D eigenvalue weighted by Gasteiger charge is -2.48. The molecule has 2 atom stereocenters. The van der Waals surface area contributed by atoms with Crippen LogP contribution in [0.4, 0.5) is 5.69 Å². The number of ketones is 1. The van der Waals surface area contributed by atoms with Gasteiger partial charge in [0.05, 0.1) is 6.04 Å². The Morgan fingerprint density at radius 3 is 2.62 bits per heavy atom. The van der Waals surface area contributed by atoms with Gasteiger partial charge in [0.1, 0.15) is 5.60 Å². The summed E-state index contributed by atoms with van der Waals surface area (Å²) in [5.41, 5.74) is -0.0605. The van der Waals surface area contributed by atoms with Crippen LogP contribution in [0.1, 0.15) is 26.2 Å². The van der Waals surface area contributed by atoms with Gasteiger partial charge >= 0.3 is 0 Å². The van der Waals surface area contributed by atoms with Crippen molar-refractivity contribution in [3.8, 4) is 0 Å². The Balaban J connectivity index is 1.79. The van der Waals surface area contributed by atoms with Crippen molar-refractivity contribution >= 4 is 11.5 Å². The van der Waals surface area contributed by atoms with Crippen LogP contribution in [0.5, 0.6) is 0 Å². The summed E-state index contributed by atoms with van der Waals surface area (Å²) in [5, 5.41) is 14.4. The van der Waals surface area contributed by atoms with Gasteiger partial charge in [-0.25, -0.2) is 0 Å². The molecule has 1 heterocycles. The van der Waals surface area contributed by atoms with E-state index in [0.717, 1.165) is 38.0 Å². The van der Waals surface area contributed by atoms with Gasteiger partial charge in [0.15, 0.2) is 5.78 Å². The van der Waals surface area contributed by atoms with Gasteiger partial charge < -0.3 is 15.3 Å². The highest BCUT2D eigenvalue weighted by atomic mass is 16.3. The molecule has 2 N–H and O–H groups in total. The van der Waals surface area contributed by atoms with Crippen molar-refractivity contribution in [1.29, 1.82) is 0 Å². The van der Waals surface area contributed by atoms with E-state index < -0.39 is 5.60 Å². The highest BCUT2D eigenvalue weighted by Gasteiger charge is 2.50. The number of hydrogen-bond acceptors (Lipinski definition) is 4. The number of anilines is 1. The zero-order valence-electron chi connectivity index (χ0n) is 12.6. The van der Waals surface area contributed by atoms with E-state index in [9.17, 15) is 9.90 Å². The van der Waals surface area contributed by atoms with Gasteiger partial charge in [0.2, 0.25) is 0 Å². The molecular weight excluding hydrogens is 264 g/mol. The highest BCUT2D eigenvalue weighted by molar-refractivity contribution is 5.86. The SMILES string of the molecule is CC(=O)C(O)(C1CCC1)C1CN(c2ccccc2)CCN1. The summed E-state index contributed by atoms with van der Waals surface area (Å²) in [6.45, 7) is 3.90. The van der Waals surface area contributed by atoms with Crippen LogP contribution in [0.3, 0.4) is 0 Å². The van der Waals surface area contributed by atoms with Gasteiger partial charge in [-0.15, -0.1) is 0 Å². The Labute approximate surface area is 126 Å². The zero-order chi connectivity index (χ0) is 14.9. The molecular formula is C17H24N2O2. The van der Waals surface area contributed by atoms with E-state index in [1.54, 1.807) is 0 Å². The molecule has 1 aromatic rings. The zero-order valence-corrected chi connectivity index (χ0v) is 12.6. The summed E-state index contributed by atoms with van der Waals surface area (Å²) in [5.74, 6) is 0.0165.